The third-order valence-electron chi connectivity index (χ3n) is 3.68. The van der Waals surface area contributed by atoms with Gasteiger partial charge in [0.25, 0.3) is 5.56 Å². The molecule has 6 heteroatoms. The van der Waals surface area contributed by atoms with Crippen LogP contribution in [0.5, 0.6) is 0 Å². The van der Waals surface area contributed by atoms with Crippen molar-refractivity contribution in [3.8, 4) is 0 Å². The molecule has 0 saturated carbocycles. The maximum absolute atomic E-state index is 11.5. The SMILES string of the molecule is Nc1ccc2c(c1)CCCC2Nc1nc[nH]c(=O)c1N. The van der Waals surface area contributed by atoms with Crippen molar-refractivity contribution in [2.45, 2.75) is 25.3 Å². The maximum Gasteiger partial charge on any atom is 0.276 e. The molecule has 1 aliphatic rings. The summed E-state index contributed by atoms with van der Waals surface area (Å²) < 4.78 is 0. The summed E-state index contributed by atoms with van der Waals surface area (Å²) in [7, 11) is 0. The van der Waals surface area contributed by atoms with Crippen LogP contribution in [0.2, 0.25) is 0 Å². The summed E-state index contributed by atoms with van der Waals surface area (Å²) in [6.07, 6.45) is 4.42. The Kier molecular flexibility index (Phi) is 3.06. The lowest BCUT2D eigenvalue weighted by atomic mass is 9.87. The van der Waals surface area contributed by atoms with Crippen molar-refractivity contribution in [3.05, 3.63) is 46.0 Å². The van der Waals surface area contributed by atoms with E-state index < -0.39 is 0 Å². The van der Waals surface area contributed by atoms with Gasteiger partial charge in [0.1, 0.15) is 5.69 Å². The summed E-state index contributed by atoms with van der Waals surface area (Å²) >= 11 is 0. The van der Waals surface area contributed by atoms with E-state index in [0.717, 1.165) is 24.9 Å². The normalized spacial score (nSPS) is 17.5. The van der Waals surface area contributed by atoms with Crippen molar-refractivity contribution < 1.29 is 0 Å². The van der Waals surface area contributed by atoms with E-state index in [2.05, 4.69) is 15.3 Å². The number of hydrogen-bond donors (Lipinski definition) is 4. The number of nitrogens with two attached hydrogens (primary N) is 2. The van der Waals surface area contributed by atoms with E-state index in [0.29, 0.717) is 5.82 Å². The van der Waals surface area contributed by atoms with E-state index in [1.807, 2.05) is 18.2 Å². The predicted octanol–water partition coefficient (Wildman–Crippen LogP) is 1.42. The molecule has 0 spiro atoms. The Morgan fingerprint density at radius 1 is 1.35 bits per heavy atom. The smallest absolute Gasteiger partial charge is 0.276 e. The summed E-state index contributed by atoms with van der Waals surface area (Å²) in [5.74, 6) is 0.434. The molecule has 1 aliphatic carbocycles. The zero-order valence-corrected chi connectivity index (χ0v) is 11.0. The first-order valence-electron chi connectivity index (χ1n) is 6.63. The standard InChI is InChI=1S/C14H17N5O/c15-9-4-5-10-8(6-9)2-1-3-11(10)19-13-12(16)14(20)18-7-17-13/h4-7,11H,1-3,15-16H2,(H2,17,18,19,20). The number of hydrogen-bond acceptors (Lipinski definition) is 5. The molecular weight excluding hydrogens is 254 g/mol. The summed E-state index contributed by atoms with van der Waals surface area (Å²) in [6, 6.07) is 6.05. The topological polar surface area (TPSA) is 110 Å². The number of aryl methyl sites for hydroxylation is 1. The largest absolute Gasteiger partial charge is 0.399 e. The van der Waals surface area contributed by atoms with E-state index in [1.54, 1.807) is 0 Å². The molecule has 104 valence electrons. The minimum Gasteiger partial charge on any atom is -0.399 e. The Hall–Kier alpha value is -2.50. The molecule has 0 bridgehead atoms. The van der Waals surface area contributed by atoms with Crippen molar-refractivity contribution in [1.82, 2.24) is 9.97 Å². The van der Waals surface area contributed by atoms with Crippen LogP contribution in [-0.2, 0) is 6.42 Å². The third-order valence-corrected chi connectivity index (χ3v) is 3.68. The highest BCUT2D eigenvalue weighted by Gasteiger charge is 2.21. The van der Waals surface area contributed by atoms with Gasteiger partial charge in [-0.05, 0) is 42.5 Å². The minimum absolute atomic E-state index is 0.107. The van der Waals surface area contributed by atoms with E-state index in [1.165, 1.54) is 17.5 Å². The van der Waals surface area contributed by atoms with Gasteiger partial charge in [-0.25, -0.2) is 4.98 Å². The number of nitrogens with zero attached hydrogens (tertiary/aromatic N) is 1. The van der Waals surface area contributed by atoms with Gasteiger partial charge in [-0.2, -0.15) is 0 Å². The van der Waals surface area contributed by atoms with Gasteiger partial charge in [0.2, 0.25) is 0 Å². The zero-order chi connectivity index (χ0) is 14.1. The van der Waals surface area contributed by atoms with E-state index in [4.69, 9.17) is 11.5 Å². The first-order valence-corrected chi connectivity index (χ1v) is 6.63. The fraction of sp³-hybridized carbons (Fsp3) is 0.286. The highest BCUT2D eigenvalue weighted by Crippen LogP contribution is 2.33. The molecule has 6 nitrogen and oxygen atoms in total. The minimum atomic E-state index is -0.323. The maximum atomic E-state index is 11.5. The number of fused-ring (bicyclic) bond motifs is 1. The van der Waals surface area contributed by atoms with Crippen LogP contribution in [-0.4, -0.2) is 9.97 Å². The Balaban J connectivity index is 1.93. The van der Waals surface area contributed by atoms with Gasteiger partial charge in [0, 0.05) is 5.69 Å². The molecule has 20 heavy (non-hydrogen) atoms. The highest BCUT2D eigenvalue weighted by atomic mass is 16.1. The van der Waals surface area contributed by atoms with Gasteiger partial charge in [0.15, 0.2) is 5.82 Å². The van der Waals surface area contributed by atoms with Crippen molar-refractivity contribution in [2.24, 2.45) is 0 Å². The molecule has 0 fully saturated rings. The first kappa shape index (κ1) is 12.5. The Bertz CT molecular complexity index is 694. The first-order chi connectivity index (χ1) is 9.65. The van der Waals surface area contributed by atoms with E-state index in [9.17, 15) is 4.79 Å². The van der Waals surface area contributed by atoms with Gasteiger partial charge in [0.05, 0.1) is 12.4 Å². The number of aromatic amines is 1. The fourth-order valence-electron chi connectivity index (χ4n) is 2.67. The lowest BCUT2D eigenvalue weighted by molar-refractivity contribution is 0.599. The average Bonchev–Trinajstić information content (AvgIpc) is 2.44. The fourth-order valence-corrected chi connectivity index (χ4v) is 2.67. The van der Waals surface area contributed by atoms with Gasteiger partial charge < -0.3 is 21.8 Å². The van der Waals surface area contributed by atoms with Crippen LogP contribution in [0.4, 0.5) is 17.2 Å². The van der Waals surface area contributed by atoms with Crippen molar-refractivity contribution >= 4 is 17.2 Å². The summed E-state index contributed by atoms with van der Waals surface area (Å²) in [5.41, 5.74) is 14.6. The molecule has 1 aromatic heterocycles. The van der Waals surface area contributed by atoms with Crippen LogP contribution in [0.15, 0.2) is 29.3 Å². The Morgan fingerprint density at radius 2 is 2.20 bits per heavy atom. The average molecular weight is 271 g/mol. The molecule has 1 atom stereocenters. The molecule has 0 radical (unpaired) electrons. The third kappa shape index (κ3) is 2.20. The lowest BCUT2D eigenvalue weighted by Gasteiger charge is -2.27. The highest BCUT2D eigenvalue weighted by molar-refractivity contribution is 5.60. The number of H-pyrrole nitrogens is 1. The second kappa shape index (κ2) is 4.88. The molecule has 3 rings (SSSR count). The number of nitrogens with one attached hydrogen (secondary N) is 2. The lowest BCUT2D eigenvalue weighted by Crippen LogP contribution is -2.22. The quantitative estimate of drug-likeness (QED) is 0.617. The Labute approximate surface area is 116 Å². The number of benzene rings is 1. The van der Waals surface area contributed by atoms with Crippen LogP contribution < -0.4 is 22.3 Å². The molecule has 1 aromatic carbocycles. The van der Waals surface area contributed by atoms with Crippen LogP contribution in [0.3, 0.4) is 0 Å². The number of anilines is 3. The zero-order valence-electron chi connectivity index (χ0n) is 11.0. The van der Waals surface area contributed by atoms with Crippen molar-refractivity contribution in [3.63, 3.8) is 0 Å². The van der Waals surface area contributed by atoms with Crippen molar-refractivity contribution in [2.75, 3.05) is 16.8 Å². The molecule has 0 saturated heterocycles. The van der Waals surface area contributed by atoms with Crippen LogP contribution in [0, 0.1) is 0 Å². The van der Waals surface area contributed by atoms with Crippen LogP contribution >= 0.6 is 0 Å². The molecular formula is C14H17N5O. The molecule has 1 heterocycles. The van der Waals surface area contributed by atoms with Gasteiger partial charge >= 0.3 is 0 Å². The van der Waals surface area contributed by atoms with Crippen molar-refractivity contribution in [1.29, 1.82) is 0 Å². The predicted molar refractivity (Wildman–Crippen MR) is 79.4 cm³/mol. The van der Waals surface area contributed by atoms with Crippen LogP contribution in [0.25, 0.3) is 0 Å². The van der Waals surface area contributed by atoms with Gasteiger partial charge in [-0.15, -0.1) is 0 Å². The number of aromatic nitrogens is 2. The number of rotatable bonds is 2. The van der Waals surface area contributed by atoms with Crippen LogP contribution in [0.1, 0.15) is 30.0 Å². The molecule has 6 N–H and O–H groups in total. The second-order valence-corrected chi connectivity index (χ2v) is 5.04. The second-order valence-electron chi connectivity index (χ2n) is 5.04. The van der Waals surface area contributed by atoms with Gasteiger partial charge in [-0.3, -0.25) is 4.79 Å². The number of nitrogen functional groups attached to an aromatic ring is 2. The summed E-state index contributed by atoms with van der Waals surface area (Å²) in [6.45, 7) is 0. The summed E-state index contributed by atoms with van der Waals surface area (Å²) in [4.78, 5) is 18.1. The molecule has 0 aliphatic heterocycles. The van der Waals surface area contributed by atoms with Gasteiger partial charge in [-0.1, -0.05) is 6.07 Å². The molecule has 1 unspecified atom stereocenters. The van der Waals surface area contributed by atoms with E-state index in [-0.39, 0.29) is 17.3 Å². The Morgan fingerprint density at radius 3 is 3.05 bits per heavy atom. The van der Waals surface area contributed by atoms with E-state index >= 15 is 0 Å². The molecule has 2 aromatic rings. The molecule has 0 amide bonds. The summed E-state index contributed by atoms with van der Waals surface area (Å²) in [5, 5.41) is 3.27. The monoisotopic (exact) mass is 271 g/mol.